The molecule has 0 spiro atoms. The number of carbonyl (C=O) groups is 1. The summed E-state index contributed by atoms with van der Waals surface area (Å²) in [6, 6.07) is 9.65. The van der Waals surface area contributed by atoms with E-state index in [9.17, 15) is 9.90 Å². The van der Waals surface area contributed by atoms with Gasteiger partial charge in [-0.05, 0) is 30.7 Å². The second-order valence-electron chi connectivity index (χ2n) is 6.26. The lowest BCUT2D eigenvalue weighted by Crippen LogP contribution is -2.49. The molecule has 21 heavy (non-hydrogen) atoms. The Hall–Kier alpha value is -1.61. The van der Waals surface area contributed by atoms with Crippen molar-refractivity contribution in [2.24, 2.45) is 5.92 Å². The van der Waals surface area contributed by atoms with E-state index in [1.165, 1.54) is 0 Å². The molecular formula is C18H23NO2. The van der Waals surface area contributed by atoms with Crippen molar-refractivity contribution in [3.05, 3.63) is 48.6 Å². The van der Waals surface area contributed by atoms with Gasteiger partial charge in [-0.25, -0.2) is 0 Å². The van der Waals surface area contributed by atoms with Crippen LogP contribution in [0.1, 0.15) is 43.7 Å². The average molecular weight is 285 g/mol. The Morgan fingerprint density at radius 1 is 1.43 bits per heavy atom. The lowest BCUT2D eigenvalue weighted by atomic mass is 9.83. The first-order valence-electron chi connectivity index (χ1n) is 7.82. The Labute approximate surface area is 126 Å². The summed E-state index contributed by atoms with van der Waals surface area (Å²) in [5, 5.41) is 9.94. The smallest absolute Gasteiger partial charge is 0.224 e. The lowest BCUT2D eigenvalue weighted by molar-refractivity contribution is -0.135. The van der Waals surface area contributed by atoms with Crippen LogP contribution >= 0.6 is 0 Å². The molecule has 1 aromatic rings. The van der Waals surface area contributed by atoms with Gasteiger partial charge in [0.1, 0.15) is 0 Å². The lowest BCUT2D eigenvalue weighted by Gasteiger charge is -2.42. The molecule has 1 aliphatic heterocycles. The number of rotatable bonds is 5. The maximum atomic E-state index is 12.6. The number of fused-ring (bicyclic) bond motifs is 1. The fourth-order valence-corrected chi connectivity index (χ4v) is 4.41. The number of hydrogen-bond donors (Lipinski definition) is 1. The second kappa shape index (κ2) is 5.64. The SMILES string of the molecule is C=CC[C@@]12CCC[C@@H]1CC(=O)N2[C@@H](CO)c1ccccc1. The van der Waals surface area contributed by atoms with E-state index >= 15 is 0 Å². The maximum Gasteiger partial charge on any atom is 0.224 e. The number of hydrogen-bond acceptors (Lipinski definition) is 2. The molecule has 0 bridgehead atoms. The van der Waals surface area contributed by atoms with Gasteiger partial charge >= 0.3 is 0 Å². The van der Waals surface area contributed by atoms with Crippen molar-refractivity contribution < 1.29 is 9.90 Å². The number of aliphatic hydroxyl groups excluding tert-OH is 1. The molecule has 1 heterocycles. The van der Waals surface area contributed by atoms with Crippen LogP contribution in [0.2, 0.25) is 0 Å². The first kappa shape index (κ1) is 14.3. The molecular weight excluding hydrogens is 262 g/mol. The Morgan fingerprint density at radius 3 is 2.86 bits per heavy atom. The molecule has 2 aliphatic rings. The van der Waals surface area contributed by atoms with Crippen LogP contribution in [-0.2, 0) is 4.79 Å². The van der Waals surface area contributed by atoms with Gasteiger partial charge < -0.3 is 10.0 Å². The zero-order valence-corrected chi connectivity index (χ0v) is 12.4. The molecule has 1 aromatic carbocycles. The van der Waals surface area contributed by atoms with Crippen LogP contribution in [0.25, 0.3) is 0 Å². The summed E-state index contributed by atoms with van der Waals surface area (Å²) < 4.78 is 0. The van der Waals surface area contributed by atoms with Gasteiger partial charge in [0.15, 0.2) is 0 Å². The summed E-state index contributed by atoms with van der Waals surface area (Å²) in [7, 11) is 0. The van der Waals surface area contributed by atoms with Gasteiger partial charge in [-0.15, -0.1) is 6.58 Å². The van der Waals surface area contributed by atoms with Crippen molar-refractivity contribution in [2.75, 3.05) is 6.61 Å². The molecule has 3 heteroatoms. The predicted molar refractivity (Wildman–Crippen MR) is 82.6 cm³/mol. The summed E-state index contributed by atoms with van der Waals surface area (Å²) in [6.45, 7) is 3.87. The highest BCUT2D eigenvalue weighted by Crippen LogP contribution is 2.52. The molecule has 1 aliphatic carbocycles. The van der Waals surface area contributed by atoms with E-state index in [2.05, 4.69) is 6.58 Å². The van der Waals surface area contributed by atoms with E-state index in [1.54, 1.807) is 0 Å². The molecule has 1 amide bonds. The molecule has 2 fully saturated rings. The quantitative estimate of drug-likeness (QED) is 0.845. The topological polar surface area (TPSA) is 40.5 Å². The third-order valence-electron chi connectivity index (χ3n) is 5.26. The summed E-state index contributed by atoms with van der Waals surface area (Å²) in [5.74, 6) is 0.602. The highest BCUT2D eigenvalue weighted by atomic mass is 16.3. The number of nitrogens with zero attached hydrogens (tertiary/aromatic N) is 1. The number of benzene rings is 1. The highest BCUT2D eigenvalue weighted by molar-refractivity contribution is 5.81. The third-order valence-corrected chi connectivity index (χ3v) is 5.26. The van der Waals surface area contributed by atoms with Gasteiger partial charge in [-0.2, -0.15) is 0 Å². The summed E-state index contributed by atoms with van der Waals surface area (Å²) >= 11 is 0. The van der Waals surface area contributed by atoms with Crippen LogP contribution in [0.5, 0.6) is 0 Å². The molecule has 1 saturated heterocycles. The average Bonchev–Trinajstić information content (AvgIpc) is 2.99. The Balaban J connectivity index is 2.01. The predicted octanol–water partition coefficient (Wildman–Crippen LogP) is 3.07. The van der Waals surface area contributed by atoms with E-state index in [4.69, 9.17) is 0 Å². The highest BCUT2D eigenvalue weighted by Gasteiger charge is 2.56. The number of aliphatic hydroxyl groups is 1. The summed E-state index contributed by atoms with van der Waals surface area (Å²) in [6.07, 6.45) is 6.68. The monoisotopic (exact) mass is 285 g/mol. The van der Waals surface area contributed by atoms with Crippen molar-refractivity contribution in [1.82, 2.24) is 4.90 Å². The molecule has 3 rings (SSSR count). The minimum absolute atomic E-state index is 0.0264. The molecule has 3 atom stereocenters. The summed E-state index contributed by atoms with van der Waals surface area (Å²) in [4.78, 5) is 14.6. The fourth-order valence-electron chi connectivity index (χ4n) is 4.41. The molecule has 0 radical (unpaired) electrons. The molecule has 0 aromatic heterocycles. The van der Waals surface area contributed by atoms with E-state index in [-0.39, 0.29) is 24.1 Å². The second-order valence-corrected chi connectivity index (χ2v) is 6.26. The minimum Gasteiger partial charge on any atom is -0.394 e. The molecule has 112 valence electrons. The number of amides is 1. The summed E-state index contributed by atoms with van der Waals surface area (Å²) in [5.41, 5.74) is 0.895. The van der Waals surface area contributed by atoms with Crippen LogP contribution in [0, 0.1) is 5.92 Å². The van der Waals surface area contributed by atoms with E-state index in [0.29, 0.717) is 12.3 Å². The van der Waals surface area contributed by atoms with Gasteiger partial charge in [0.2, 0.25) is 5.91 Å². The van der Waals surface area contributed by atoms with E-state index in [0.717, 1.165) is 31.2 Å². The molecule has 1 saturated carbocycles. The molecule has 1 N–H and O–H groups in total. The van der Waals surface area contributed by atoms with Crippen LogP contribution in [-0.4, -0.2) is 28.1 Å². The van der Waals surface area contributed by atoms with Gasteiger partial charge in [-0.3, -0.25) is 4.79 Å². The largest absolute Gasteiger partial charge is 0.394 e. The van der Waals surface area contributed by atoms with Gasteiger partial charge in [0.05, 0.1) is 18.2 Å². The first-order chi connectivity index (χ1) is 10.2. The van der Waals surface area contributed by atoms with E-state index < -0.39 is 0 Å². The van der Waals surface area contributed by atoms with Crippen molar-refractivity contribution in [3.8, 4) is 0 Å². The van der Waals surface area contributed by atoms with E-state index in [1.807, 2.05) is 41.3 Å². The van der Waals surface area contributed by atoms with Gasteiger partial charge in [0.25, 0.3) is 0 Å². The van der Waals surface area contributed by atoms with Gasteiger partial charge in [0, 0.05) is 6.42 Å². The van der Waals surface area contributed by atoms with Crippen LogP contribution in [0.15, 0.2) is 43.0 Å². The number of likely N-dealkylation sites (tertiary alicyclic amines) is 1. The molecule has 3 nitrogen and oxygen atoms in total. The fraction of sp³-hybridized carbons (Fsp3) is 0.500. The Bertz CT molecular complexity index is 527. The Kier molecular flexibility index (Phi) is 3.85. The van der Waals surface area contributed by atoms with Crippen molar-refractivity contribution >= 4 is 5.91 Å². The zero-order valence-electron chi connectivity index (χ0n) is 12.4. The number of carbonyl (C=O) groups excluding carboxylic acids is 1. The maximum absolute atomic E-state index is 12.6. The van der Waals surface area contributed by atoms with Crippen LogP contribution in [0.4, 0.5) is 0 Å². The van der Waals surface area contributed by atoms with Crippen molar-refractivity contribution in [2.45, 2.75) is 43.7 Å². The first-order valence-corrected chi connectivity index (χ1v) is 7.82. The standard InChI is InChI=1S/C18H23NO2/c1-2-10-18-11-6-9-15(18)12-17(21)19(18)16(13-20)14-7-4-3-5-8-14/h2-5,7-8,15-16,20H,1,6,9-13H2/t15-,16+,18-/m1/s1. The normalized spacial score (nSPS) is 29.5. The third kappa shape index (κ3) is 2.20. The zero-order chi connectivity index (χ0) is 14.9. The minimum atomic E-state index is -0.234. The Morgan fingerprint density at radius 2 is 2.19 bits per heavy atom. The van der Waals surface area contributed by atoms with Crippen LogP contribution < -0.4 is 0 Å². The van der Waals surface area contributed by atoms with Gasteiger partial charge in [-0.1, -0.05) is 42.8 Å². The molecule has 0 unspecified atom stereocenters. The van der Waals surface area contributed by atoms with Crippen molar-refractivity contribution in [1.29, 1.82) is 0 Å². The van der Waals surface area contributed by atoms with Crippen LogP contribution in [0.3, 0.4) is 0 Å². The van der Waals surface area contributed by atoms with Crippen molar-refractivity contribution in [3.63, 3.8) is 0 Å².